The fourth-order valence-corrected chi connectivity index (χ4v) is 2.37. The molecule has 0 aliphatic carbocycles. The Hall–Kier alpha value is -2.25. The molecule has 2 rings (SSSR count). The van der Waals surface area contributed by atoms with Crippen molar-refractivity contribution in [1.82, 2.24) is 0 Å². The predicted molar refractivity (Wildman–Crippen MR) is 69.9 cm³/mol. The predicted octanol–water partition coefficient (Wildman–Crippen LogP) is 2.04. The molecule has 0 amide bonds. The highest BCUT2D eigenvalue weighted by Crippen LogP contribution is 2.30. The Kier molecular flexibility index (Phi) is 3.32. The average molecular weight is 281 g/mol. The van der Waals surface area contributed by atoms with E-state index in [1.54, 1.807) is 0 Å². The molecule has 0 aliphatic heterocycles. The highest BCUT2D eigenvalue weighted by atomic mass is 32.2. The van der Waals surface area contributed by atoms with Gasteiger partial charge in [-0.3, -0.25) is 4.55 Å². The second-order valence-corrected chi connectivity index (χ2v) is 5.04. The first kappa shape index (κ1) is 13.2. The van der Waals surface area contributed by atoms with Gasteiger partial charge in [0.05, 0.1) is 11.4 Å². The van der Waals surface area contributed by atoms with Crippen LogP contribution in [0.3, 0.4) is 0 Å². The average Bonchev–Trinajstić information content (AvgIpc) is 2.33. The lowest BCUT2D eigenvalue weighted by Gasteiger charge is -2.20. The van der Waals surface area contributed by atoms with E-state index in [1.165, 1.54) is 48.5 Å². The van der Waals surface area contributed by atoms with Crippen molar-refractivity contribution in [3.8, 4) is 11.5 Å². The first-order valence-electron chi connectivity index (χ1n) is 5.24. The lowest BCUT2D eigenvalue weighted by atomic mass is 10.2. The van der Waals surface area contributed by atoms with Crippen LogP contribution in [0, 0.1) is 0 Å². The van der Waals surface area contributed by atoms with Gasteiger partial charge in [0.1, 0.15) is 11.5 Å². The molecule has 2 aromatic rings. The molecule has 0 aromatic heterocycles. The maximum absolute atomic E-state index is 11.5. The van der Waals surface area contributed by atoms with Crippen LogP contribution >= 0.6 is 0 Å². The van der Waals surface area contributed by atoms with Crippen molar-refractivity contribution < 1.29 is 23.2 Å². The summed E-state index contributed by atoms with van der Waals surface area (Å²) in [7, 11) is -4.53. The van der Waals surface area contributed by atoms with Gasteiger partial charge in [-0.15, -0.1) is 0 Å². The molecule has 0 atom stereocenters. The minimum atomic E-state index is -4.53. The molecule has 0 aliphatic rings. The molecule has 100 valence electrons. The summed E-state index contributed by atoms with van der Waals surface area (Å²) in [5, 5.41) is 18.4. The zero-order valence-electron chi connectivity index (χ0n) is 9.63. The van der Waals surface area contributed by atoms with E-state index < -0.39 is 10.3 Å². The number of phenolic OH excluding ortho intramolecular Hbond substituents is 2. The number of phenols is 2. The number of hydrogen-bond acceptors (Lipinski definition) is 4. The molecule has 0 saturated carbocycles. The quantitative estimate of drug-likeness (QED) is 0.748. The summed E-state index contributed by atoms with van der Waals surface area (Å²) in [5.74, 6) is -0.0468. The lowest BCUT2D eigenvalue weighted by Crippen LogP contribution is -2.24. The molecule has 0 radical (unpaired) electrons. The number of anilines is 2. The van der Waals surface area contributed by atoms with Crippen molar-refractivity contribution in [3.63, 3.8) is 0 Å². The van der Waals surface area contributed by atoms with Crippen LogP contribution in [-0.2, 0) is 10.3 Å². The van der Waals surface area contributed by atoms with Gasteiger partial charge >= 0.3 is 10.3 Å². The van der Waals surface area contributed by atoms with Crippen LogP contribution in [0.4, 0.5) is 11.4 Å². The van der Waals surface area contributed by atoms with E-state index in [0.717, 1.165) is 0 Å². The van der Waals surface area contributed by atoms with Crippen molar-refractivity contribution >= 4 is 21.7 Å². The Morgan fingerprint density at radius 1 is 0.737 bits per heavy atom. The van der Waals surface area contributed by atoms with Gasteiger partial charge in [0.2, 0.25) is 0 Å². The van der Waals surface area contributed by atoms with E-state index in [1.807, 2.05) is 0 Å². The van der Waals surface area contributed by atoms with E-state index >= 15 is 0 Å². The van der Waals surface area contributed by atoms with Crippen molar-refractivity contribution in [3.05, 3.63) is 48.5 Å². The highest BCUT2D eigenvalue weighted by Gasteiger charge is 2.21. The third kappa shape index (κ3) is 2.95. The number of aromatic hydroxyl groups is 2. The van der Waals surface area contributed by atoms with Crippen LogP contribution in [-0.4, -0.2) is 23.2 Å². The van der Waals surface area contributed by atoms with E-state index in [-0.39, 0.29) is 22.9 Å². The van der Waals surface area contributed by atoms with E-state index in [9.17, 15) is 23.2 Å². The van der Waals surface area contributed by atoms with Crippen molar-refractivity contribution in [2.75, 3.05) is 4.31 Å². The molecule has 19 heavy (non-hydrogen) atoms. The minimum absolute atomic E-state index is 0.0234. The molecule has 0 spiro atoms. The standard InChI is InChI=1S/C12H11NO5S/c14-11-5-1-9(2-6-11)13(19(16,17)18)10-3-7-12(15)8-4-10/h1-8,14-15H,(H,16,17,18). The summed E-state index contributed by atoms with van der Waals surface area (Å²) in [4.78, 5) is 0. The summed E-state index contributed by atoms with van der Waals surface area (Å²) < 4.78 is 32.9. The third-order valence-corrected chi connectivity index (χ3v) is 3.28. The highest BCUT2D eigenvalue weighted by molar-refractivity contribution is 7.87. The zero-order valence-corrected chi connectivity index (χ0v) is 10.4. The molecule has 2 aromatic carbocycles. The number of benzene rings is 2. The van der Waals surface area contributed by atoms with Crippen LogP contribution in [0.5, 0.6) is 11.5 Å². The maximum Gasteiger partial charge on any atom is 0.364 e. The normalized spacial score (nSPS) is 11.2. The largest absolute Gasteiger partial charge is 0.508 e. The molecule has 0 fully saturated rings. The first-order chi connectivity index (χ1) is 8.88. The van der Waals surface area contributed by atoms with E-state index in [4.69, 9.17) is 0 Å². The monoisotopic (exact) mass is 281 g/mol. The molecule has 6 nitrogen and oxygen atoms in total. The van der Waals surface area contributed by atoms with Gasteiger partial charge in [-0.05, 0) is 48.5 Å². The molecule has 7 heteroatoms. The first-order valence-corrected chi connectivity index (χ1v) is 6.63. The minimum Gasteiger partial charge on any atom is -0.508 e. The van der Waals surface area contributed by atoms with Crippen LogP contribution in [0.2, 0.25) is 0 Å². The van der Waals surface area contributed by atoms with Crippen LogP contribution in [0.15, 0.2) is 48.5 Å². The summed E-state index contributed by atoms with van der Waals surface area (Å²) >= 11 is 0. The van der Waals surface area contributed by atoms with Gasteiger partial charge in [0.25, 0.3) is 0 Å². The summed E-state index contributed by atoms with van der Waals surface area (Å²) in [6, 6.07) is 10.6. The van der Waals surface area contributed by atoms with E-state index in [0.29, 0.717) is 4.31 Å². The number of nitrogens with zero attached hydrogens (tertiary/aromatic N) is 1. The summed E-state index contributed by atoms with van der Waals surface area (Å²) in [6.07, 6.45) is 0. The smallest absolute Gasteiger partial charge is 0.364 e. The van der Waals surface area contributed by atoms with E-state index in [2.05, 4.69) is 0 Å². The molecule has 0 bridgehead atoms. The number of rotatable bonds is 3. The van der Waals surface area contributed by atoms with Gasteiger partial charge in [-0.2, -0.15) is 8.42 Å². The van der Waals surface area contributed by atoms with Gasteiger partial charge in [0.15, 0.2) is 0 Å². The van der Waals surface area contributed by atoms with Crippen LogP contribution < -0.4 is 4.31 Å². The topological polar surface area (TPSA) is 98.1 Å². The van der Waals surface area contributed by atoms with Crippen LogP contribution in [0.25, 0.3) is 0 Å². The molecular weight excluding hydrogens is 270 g/mol. The van der Waals surface area contributed by atoms with Crippen molar-refractivity contribution in [1.29, 1.82) is 0 Å². The molecular formula is C12H11NO5S. The Labute approximate surface area is 110 Å². The molecule has 0 heterocycles. The Morgan fingerprint density at radius 3 is 1.32 bits per heavy atom. The number of hydrogen-bond donors (Lipinski definition) is 3. The van der Waals surface area contributed by atoms with Gasteiger partial charge < -0.3 is 10.2 Å². The van der Waals surface area contributed by atoms with Crippen molar-refractivity contribution in [2.24, 2.45) is 0 Å². The SMILES string of the molecule is O=S(=O)(O)N(c1ccc(O)cc1)c1ccc(O)cc1. The second kappa shape index (κ2) is 4.79. The third-order valence-electron chi connectivity index (χ3n) is 2.40. The van der Waals surface area contributed by atoms with Gasteiger partial charge in [-0.25, -0.2) is 4.31 Å². The molecule has 3 N–H and O–H groups in total. The Balaban J connectivity index is 2.54. The summed E-state index contributed by atoms with van der Waals surface area (Å²) in [6.45, 7) is 0. The lowest BCUT2D eigenvalue weighted by molar-refractivity contribution is 0.474. The fraction of sp³-hybridized carbons (Fsp3) is 0. The Bertz CT molecular complexity index is 619. The summed E-state index contributed by atoms with van der Waals surface area (Å²) in [5.41, 5.74) is 0.317. The molecule has 0 unspecified atom stereocenters. The van der Waals surface area contributed by atoms with Crippen LogP contribution in [0.1, 0.15) is 0 Å². The van der Waals surface area contributed by atoms with Crippen molar-refractivity contribution in [2.45, 2.75) is 0 Å². The second-order valence-electron chi connectivity index (χ2n) is 3.78. The fourth-order valence-electron chi connectivity index (χ4n) is 1.59. The maximum atomic E-state index is 11.5. The van der Waals surface area contributed by atoms with Gasteiger partial charge in [0, 0.05) is 0 Å². The zero-order chi connectivity index (χ0) is 14.0. The Morgan fingerprint density at radius 2 is 1.05 bits per heavy atom. The molecule has 0 saturated heterocycles. The van der Waals surface area contributed by atoms with Gasteiger partial charge in [-0.1, -0.05) is 0 Å².